The van der Waals surface area contributed by atoms with E-state index in [1.807, 2.05) is 0 Å². The van der Waals surface area contributed by atoms with Crippen LogP contribution in [0.25, 0.3) is 0 Å². The van der Waals surface area contributed by atoms with Crippen LogP contribution < -0.4 is 0 Å². The summed E-state index contributed by atoms with van der Waals surface area (Å²) in [4.78, 5) is 2.79. The molecular formula is C18H27NO. The highest BCUT2D eigenvalue weighted by Crippen LogP contribution is 2.93. The molecule has 0 aromatic carbocycles. The molecule has 20 heavy (non-hydrogen) atoms. The lowest BCUT2D eigenvalue weighted by molar-refractivity contribution is -0.186. The zero-order chi connectivity index (χ0) is 13.8. The third-order valence-corrected chi connectivity index (χ3v) is 8.68. The van der Waals surface area contributed by atoms with Crippen LogP contribution in [0.4, 0.5) is 0 Å². The molecule has 4 bridgehead atoms. The summed E-state index contributed by atoms with van der Waals surface area (Å²) in [7, 11) is 0. The van der Waals surface area contributed by atoms with Crippen molar-refractivity contribution in [2.24, 2.45) is 47.3 Å². The van der Waals surface area contributed by atoms with Crippen molar-refractivity contribution in [3.63, 3.8) is 0 Å². The quantitative estimate of drug-likeness (QED) is 0.784. The van der Waals surface area contributed by atoms with Crippen LogP contribution in [0, 0.1) is 47.3 Å². The SMILES string of the molecule is CC(C)N(C(C)C)C12OC3(C)C4C5CC(C6C5C3C61)C42. The highest BCUT2D eigenvalue weighted by atomic mass is 16.6. The molecule has 10 unspecified atom stereocenters. The van der Waals surface area contributed by atoms with Gasteiger partial charge in [-0.1, -0.05) is 0 Å². The van der Waals surface area contributed by atoms with Crippen molar-refractivity contribution in [3.05, 3.63) is 0 Å². The van der Waals surface area contributed by atoms with E-state index >= 15 is 0 Å². The molecule has 0 radical (unpaired) electrons. The number of nitrogens with zero attached hydrogens (tertiary/aromatic N) is 1. The Hall–Kier alpha value is -0.0800. The van der Waals surface area contributed by atoms with E-state index in [1.54, 1.807) is 6.42 Å². The first-order valence-electron chi connectivity index (χ1n) is 8.93. The molecule has 7 rings (SSSR count). The van der Waals surface area contributed by atoms with Gasteiger partial charge < -0.3 is 4.74 Å². The molecule has 2 saturated heterocycles. The van der Waals surface area contributed by atoms with E-state index in [0.717, 1.165) is 47.3 Å². The predicted octanol–water partition coefficient (Wildman–Crippen LogP) is 2.98. The minimum Gasteiger partial charge on any atom is -0.353 e. The van der Waals surface area contributed by atoms with Crippen molar-refractivity contribution in [2.75, 3.05) is 0 Å². The van der Waals surface area contributed by atoms with Gasteiger partial charge in [-0.25, -0.2) is 0 Å². The summed E-state index contributed by atoms with van der Waals surface area (Å²) in [5.74, 6) is 7.81. The first kappa shape index (κ1) is 11.5. The van der Waals surface area contributed by atoms with Crippen LogP contribution in [0.1, 0.15) is 41.0 Å². The van der Waals surface area contributed by atoms with Gasteiger partial charge in [-0.3, -0.25) is 4.90 Å². The van der Waals surface area contributed by atoms with Gasteiger partial charge in [0.15, 0.2) is 0 Å². The van der Waals surface area contributed by atoms with Crippen molar-refractivity contribution in [2.45, 2.75) is 64.4 Å². The standard InChI is InChI=1S/C18H27NO/c1-7(2)19(8(3)4)18-14-10-6-9-11-12(10)16(18)15(11)17(5,20-18)13(9)14/h7-16H,6H2,1-5H3. The third-order valence-electron chi connectivity index (χ3n) is 8.68. The maximum atomic E-state index is 7.05. The molecule has 5 saturated carbocycles. The van der Waals surface area contributed by atoms with Gasteiger partial charge in [-0.05, 0) is 76.5 Å². The Balaban J connectivity index is 1.59. The fourth-order valence-electron chi connectivity index (χ4n) is 9.34. The topological polar surface area (TPSA) is 12.5 Å². The smallest absolute Gasteiger partial charge is 0.129 e. The first-order valence-corrected chi connectivity index (χ1v) is 8.93. The summed E-state index contributed by atoms with van der Waals surface area (Å²) in [5, 5.41) is 0. The lowest BCUT2D eigenvalue weighted by atomic mass is 9.56. The molecule has 7 aliphatic rings. The number of ether oxygens (including phenoxy) is 1. The van der Waals surface area contributed by atoms with Crippen molar-refractivity contribution >= 4 is 0 Å². The van der Waals surface area contributed by atoms with Gasteiger partial charge in [0, 0.05) is 23.9 Å². The third kappa shape index (κ3) is 0.728. The fourth-order valence-corrected chi connectivity index (χ4v) is 9.34. The molecule has 0 aromatic rings. The predicted molar refractivity (Wildman–Crippen MR) is 76.9 cm³/mol. The van der Waals surface area contributed by atoms with Crippen LogP contribution >= 0.6 is 0 Å². The first-order chi connectivity index (χ1) is 9.44. The minimum atomic E-state index is 0.142. The van der Waals surface area contributed by atoms with Crippen LogP contribution in [0.15, 0.2) is 0 Å². The van der Waals surface area contributed by atoms with E-state index in [2.05, 4.69) is 39.5 Å². The second-order valence-corrected chi connectivity index (χ2v) is 9.45. The van der Waals surface area contributed by atoms with Crippen molar-refractivity contribution in [1.82, 2.24) is 4.90 Å². The van der Waals surface area contributed by atoms with Crippen molar-refractivity contribution in [1.29, 1.82) is 0 Å². The highest BCUT2D eigenvalue weighted by Gasteiger charge is 2.97. The highest BCUT2D eigenvalue weighted by molar-refractivity contribution is 5.42. The van der Waals surface area contributed by atoms with Gasteiger partial charge in [0.1, 0.15) is 5.72 Å². The fraction of sp³-hybridized carbons (Fsp3) is 1.00. The Morgan fingerprint density at radius 2 is 1.50 bits per heavy atom. The number of rotatable bonds is 3. The lowest BCUT2D eigenvalue weighted by Gasteiger charge is -2.52. The molecule has 0 aromatic heterocycles. The van der Waals surface area contributed by atoms with Gasteiger partial charge in [-0.15, -0.1) is 0 Å². The molecule has 10 atom stereocenters. The van der Waals surface area contributed by atoms with Crippen LogP contribution in [-0.4, -0.2) is 28.3 Å². The Labute approximate surface area is 122 Å². The Morgan fingerprint density at radius 3 is 2.15 bits per heavy atom. The summed E-state index contributed by atoms with van der Waals surface area (Å²) in [6.45, 7) is 12.0. The molecule has 110 valence electrons. The van der Waals surface area contributed by atoms with Gasteiger partial charge >= 0.3 is 0 Å². The zero-order valence-electron chi connectivity index (χ0n) is 13.3. The average Bonchev–Trinajstić information content (AvgIpc) is 2.88. The molecular weight excluding hydrogens is 246 g/mol. The second kappa shape index (κ2) is 2.76. The number of hydrogen-bond donors (Lipinski definition) is 0. The Morgan fingerprint density at radius 1 is 0.900 bits per heavy atom. The Kier molecular flexibility index (Phi) is 1.58. The van der Waals surface area contributed by atoms with E-state index in [1.165, 1.54) is 0 Å². The van der Waals surface area contributed by atoms with Crippen LogP contribution in [-0.2, 0) is 4.74 Å². The monoisotopic (exact) mass is 273 g/mol. The zero-order valence-corrected chi connectivity index (χ0v) is 13.3. The maximum absolute atomic E-state index is 7.05. The normalized spacial score (nSPS) is 69.6. The molecule has 7 fully saturated rings. The van der Waals surface area contributed by atoms with Gasteiger partial charge in [0.25, 0.3) is 0 Å². The van der Waals surface area contributed by atoms with E-state index in [-0.39, 0.29) is 11.3 Å². The van der Waals surface area contributed by atoms with Crippen molar-refractivity contribution in [3.8, 4) is 0 Å². The van der Waals surface area contributed by atoms with Crippen LogP contribution in [0.2, 0.25) is 0 Å². The van der Waals surface area contributed by atoms with Crippen LogP contribution in [0.5, 0.6) is 0 Å². The second-order valence-electron chi connectivity index (χ2n) is 9.45. The average molecular weight is 273 g/mol. The summed E-state index contributed by atoms with van der Waals surface area (Å²) >= 11 is 0. The van der Waals surface area contributed by atoms with E-state index in [9.17, 15) is 0 Å². The maximum Gasteiger partial charge on any atom is 0.129 e. The molecule has 0 N–H and O–H groups in total. The molecule has 2 heterocycles. The Bertz CT molecular complexity index is 518. The van der Waals surface area contributed by atoms with E-state index < -0.39 is 0 Å². The van der Waals surface area contributed by atoms with Gasteiger partial charge in [0.2, 0.25) is 0 Å². The number of hydrogen-bond acceptors (Lipinski definition) is 2. The summed E-state index contributed by atoms with van der Waals surface area (Å²) in [6.07, 6.45) is 1.56. The van der Waals surface area contributed by atoms with Gasteiger partial charge in [0.05, 0.1) is 5.60 Å². The molecule has 2 nitrogen and oxygen atoms in total. The summed E-state index contributed by atoms with van der Waals surface area (Å²) in [5.41, 5.74) is 0.401. The van der Waals surface area contributed by atoms with Crippen LogP contribution in [0.3, 0.4) is 0 Å². The lowest BCUT2D eigenvalue weighted by Crippen LogP contribution is -2.62. The minimum absolute atomic E-state index is 0.142. The molecule has 2 aliphatic heterocycles. The molecule has 0 amide bonds. The molecule has 5 aliphatic carbocycles. The van der Waals surface area contributed by atoms with Gasteiger partial charge in [-0.2, -0.15) is 0 Å². The summed E-state index contributed by atoms with van der Waals surface area (Å²) in [6, 6.07) is 1.21. The van der Waals surface area contributed by atoms with E-state index in [0.29, 0.717) is 12.1 Å². The van der Waals surface area contributed by atoms with E-state index in [4.69, 9.17) is 4.74 Å². The summed E-state index contributed by atoms with van der Waals surface area (Å²) < 4.78 is 7.05. The molecule has 2 heteroatoms. The molecule has 0 spiro atoms. The van der Waals surface area contributed by atoms with Crippen molar-refractivity contribution < 1.29 is 4.74 Å². The largest absolute Gasteiger partial charge is 0.353 e.